The summed E-state index contributed by atoms with van der Waals surface area (Å²) in [6.45, 7) is 3.07. The number of rotatable bonds is 9. The average Bonchev–Trinajstić information content (AvgIpc) is 2.98. The van der Waals surface area contributed by atoms with Gasteiger partial charge in [-0.3, -0.25) is 14.5 Å². The number of carbonyl (C=O) groups excluding carboxylic acids is 3. The summed E-state index contributed by atoms with van der Waals surface area (Å²) < 4.78 is 10.5. The molecule has 2 aromatic rings. The average molecular weight is 393 g/mol. The van der Waals surface area contributed by atoms with Gasteiger partial charge in [0.25, 0.3) is 11.8 Å². The highest BCUT2D eigenvalue weighted by Gasteiger charge is 2.34. The number of ether oxygens (including phenoxy) is 2. The quantitative estimate of drug-likeness (QED) is 0.281. The molecule has 6 heteroatoms. The molecule has 0 saturated carbocycles. The monoisotopic (exact) mass is 393 g/mol. The first-order valence-electron chi connectivity index (χ1n) is 9.63. The standard InChI is InChI=1S/C23H23NO5/c1-2-28-18-12-9-17(10-13-18)11-14-21(25)29-16-6-5-15-24-22(26)19-7-3-4-8-20(19)23(24)27/h3-4,7-14H,2,5-6,15-16H2,1H3/b14-11+. The number of benzene rings is 2. The second-order valence-corrected chi connectivity index (χ2v) is 6.52. The van der Waals surface area contributed by atoms with Gasteiger partial charge in [-0.15, -0.1) is 0 Å². The van der Waals surface area contributed by atoms with Gasteiger partial charge in [0.05, 0.1) is 24.3 Å². The molecule has 29 heavy (non-hydrogen) atoms. The molecule has 2 amide bonds. The Morgan fingerprint density at radius 1 is 0.966 bits per heavy atom. The first kappa shape index (κ1) is 20.3. The molecule has 0 fully saturated rings. The molecule has 0 aliphatic carbocycles. The fourth-order valence-corrected chi connectivity index (χ4v) is 3.04. The third kappa shape index (κ3) is 5.10. The van der Waals surface area contributed by atoms with Crippen LogP contribution in [-0.2, 0) is 9.53 Å². The first-order chi connectivity index (χ1) is 14.1. The predicted octanol–water partition coefficient (Wildman–Crippen LogP) is 3.72. The summed E-state index contributed by atoms with van der Waals surface area (Å²) in [5.41, 5.74) is 1.77. The fraction of sp³-hybridized carbons (Fsp3) is 0.261. The normalized spacial score (nSPS) is 13.1. The number of hydrogen-bond donors (Lipinski definition) is 0. The van der Waals surface area contributed by atoms with Crippen molar-refractivity contribution in [1.82, 2.24) is 4.90 Å². The zero-order valence-corrected chi connectivity index (χ0v) is 16.3. The minimum atomic E-state index is -0.431. The lowest BCUT2D eigenvalue weighted by molar-refractivity contribution is -0.137. The summed E-state index contributed by atoms with van der Waals surface area (Å²) in [4.78, 5) is 37.6. The van der Waals surface area contributed by atoms with Gasteiger partial charge in [-0.25, -0.2) is 4.79 Å². The van der Waals surface area contributed by atoms with E-state index in [2.05, 4.69) is 0 Å². The first-order valence-corrected chi connectivity index (χ1v) is 9.63. The molecular weight excluding hydrogens is 370 g/mol. The van der Waals surface area contributed by atoms with E-state index in [1.807, 2.05) is 31.2 Å². The summed E-state index contributed by atoms with van der Waals surface area (Å²) in [5, 5.41) is 0. The van der Waals surface area contributed by atoms with Gasteiger partial charge in [0.15, 0.2) is 0 Å². The van der Waals surface area contributed by atoms with Gasteiger partial charge in [0, 0.05) is 12.6 Å². The van der Waals surface area contributed by atoms with E-state index in [0.717, 1.165) is 11.3 Å². The van der Waals surface area contributed by atoms with Gasteiger partial charge in [0.1, 0.15) is 5.75 Å². The summed E-state index contributed by atoms with van der Waals surface area (Å²) in [6.07, 6.45) is 4.19. The summed E-state index contributed by atoms with van der Waals surface area (Å²) in [7, 11) is 0. The fourth-order valence-electron chi connectivity index (χ4n) is 3.04. The Hall–Kier alpha value is -3.41. The van der Waals surface area contributed by atoms with Crippen LogP contribution in [0.2, 0.25) is 0 Å². The van der Waals surface area contributed by atoms with Gasteiger partial charge in [0.2, 0.25) is 0 Å². The molecule has 0 aromatic heterocycles. The lowest BCUT2D eigenvalue weighted by Crippen LogP contribution is -2.30. The largest absolute Gasteiger partial charge is 0.494 e. The van der Waals surface area contributed by atoms with E-state index in [-0.39, 0.29) is 18.4 Å². The molecule has 0 unspecified atom stereocenters. The Morgan fingerprint density at radius 3 is 2.24 bits per heavy atom. The maximum atomic E-state index is 12.3. The molecule has 3 rings (SSSR count). The highest BCUT2D eigenvalue weighted by molar-refractivity contribution is 6.21. The number of imide groups is 1. The lowest BCUT2D eigenvalue weighted by Gasteiger charge is -2.13. The van der Waals surface area contributed by atoms with Crippen LogP contribution in [0.4, 0.5) is 0 Å². The second kappa shape index (κ2) is 9.68. The minimum Gasteiger partial charge on any atom is -0.494 e. The summed E-state index contributed by atoms with van der Waals surface area (Å²) in [6, 6.07) is 14.2. The van der Waals surface area contributed by atoms with E-state index < -0.39 is 5.97 Å². The molecule has 0 saturated heterocycles. The maximum Gasteiger partial charge on any atom is 0.330 e. The molecule has 1 aliphatic heterocycles. The van der Waals surface area contributed by atoms with Crippen LogP contribution in [0.5, 0.6) is 5.75 Å². The van der Waals surface area contributed by atoms with Gasteiger partial charge < -0.3 is 9.47 Å². The van der Waals surface area contributed by atoms with Crippen molar-refractivity contribution in [1.29, 1.82) is 0 Å². The Morgan fingerprint density at radius 2 is 1.62 bits per heavy atom. The van der Waals surface area contributed by atoms with E-state index in [4.69, 9.17) is 9.47 Å². The predicted molar refractivity (Wildman–Crippen MR) is 109 cm³/mol. The van der Waals surface area contributed by atoms with Crippen LogP contribution >= 0.6 is 0 Å². The Balaban J connectivity index is 1.37. The van der Waals surface area contributed by atoms with Gasteiger partial charge in [-0.2, -0.15) is 0 Å². The van der Waals surface area contributed by atoms with Crippen molar-refractivity contribution in [2.45, 2.75) is 19.8 Å². The van der Waals surface area contributed by atoms with Crippen LogP contribution in [0.1, 0.15) is 46.0 Å². The van der Waals surface area contributed by atoms with Crippen molar-refractivity contribution in [3.05, 3.63) is 71.3 Å². The Bertz CT molecular complexity index is 882. The van der Waals surface area contributed by atoms with Crippen molar-refractivity contribution in [2.24, 2.45) is 0 Å². The summed E-state index contributed by atoms with van der Waals surface area (Å²) >= 11 is 0. The van der Waals surface area contributed by atoms with E-state index in [0.29, 0.717) is 37.1 Å². The molecule has 0 N–H and O–H groups in total. The number of unbranched alkanes of at least 4 members (excludes halogenated alkanes) is 1. The number of amides is 2. The van der Waals surface area contributed by atoms with Crippen LogP contribution in [-0.4, -0.2) is 42.4 Å². The van der Waals surface area contributed by atoms with Crippen molar-refractivity contribution >= 4 is 23.9 Å². The number of nitrogens with zero attached hydrogens (tertiary/aromatic N) is 1. The minimum absolute atomic E-state index is 0.232. The summed E-state index contributed by atoms with van der Waals surface area (Å²) in [5.74, 6) is -0.174. The molecule has 1 heterocycles. The van der Waals surface area contributed by atoms with Gasteiger partial charge >= 0.3 is 5.97 Å². The van der Waals surface area contributed by atoms with Crippen LogP contribution in [0, 0.1) is 0 Å². The molecule has 2 aromatic carbocycles. The smallest absolute Gasteiger partial charge is 0.330 e. The molecule has 1 aliphatic rings. The van der Waals surface area contributed by atoms with Crippen LogP contribution < -0.4 is 4.74 Å². The van der Waals surface area contributed by atoms with Crippen LogP contribution in [0.3, 0.4) is 0 Å². The van der Waals surface area contributed by atoms with Crippen molar-refractivity contribution < 1.29 is 23.9 Å². The van der Waals surface area contributed by atoms with Crippen molar-refractivity contribution in [3.8, 4) is 5.75 Å². The van der Waals surface area contributed by atoms with Crippen LogP contribution in [0.25, 0.3) is 6.08 Å². The van der Waals surface area contributed by atoms with E-state index in [1.54, 1.807) is 30.3 Å². The molecule has 0 radical (unpaired) electrons. The molecular formula is C23H23NO5. The highest BCUT2D eigenvalue weighted by atomic mass is 16.5. The number of fused-ring (bicyclic) bond motifs is 1. The number of hydrogen-bond acceptors (Lipinski definition) is 5. The molecule has 0 atom stereocenters. The Labute approximate surface area is 169 Å². The molecule has 0 spiro atoms. The molecule has 6 nitrogen and oxygen atoms in total. The topological polar surface area (TPSA) is 72.9 Å². The zero-order chi connectivity index (χ0) is 20.6. The maximum absolute atomic E-state index is 12.3. The second-order valence-electron chi connectivity index (χ2n) is 6.52. The van der Waals surface area contributed by atoms with Crippen molar-refractivity contribution in [2.75, 3.05) is 19.8 Å². The van der Waals surface area contributed by atoms with Crippen LogP contribution in [0.15, 0.2) is 54.6 Å². The number of esters is 1. The lowest BCUT2D eigenvalue weighted by atomic mass is 10.1. The van der Waals surface area contributed by atoms with E-state index in [1.165, 1.54) is 11.0 Å². The van der Waals surface area contributed by atoms with Gasteiger partial charge in [-0.05, 0) is 55.7 Å². The third-order valence-electron chi connectivity index (χ3n) is 4.50. The van der Waals surface area contributed by atoms with Crippen molar-refractivity contribution in [3.63, 3.8) is 0 Å². The van der Waals surface area contributed by atoms with E-state index in [9.17, 15) is 14.4 Å². The third-order valence-corrected chi connectivity index (χ3v) is 4.50. The van der Waals surface area contributed by atoms with E-state index >= 15 is 0 Å². The number of carbonyl (C=O) groups is 3. The molecule has 0 bridgehead atoms. The van der Waals surface area contributed by atoms with Gasteiger partial charge in [-0.1, -0.05) is 24.3 Å². The Kier molecular flexibility index (Phi) is 6.79. The zero-order valence-electron chi connectivity index (χ0n) is 16.3. The molecule has 150 valence electrons. The SMILES string of the molecule is CCOc1ccc(/C=C/C(=O)OCCCCN2C(=O)c3ccccc3C2=O)cc1. The highest BCUT2D eigenvalue weighted by Crippen LogP contribution is 2.22.